The van der Waals surface area contributed by atoms with Crippen LogP contribution in [0.4, 0.5) is 5.13 Å². The lowest BCUT2D eigenvalue weighted by atomic mass is 10.1. The Kier molecular flexibility index (Phi) is 5.46. The van der Waals surface area contributed by atoms with Crippen molar-refractivity contribution in [2.45, 2.75) is 52.0 Å². The molecule has 1 heterocycles. The van der Waals surface area contributed by atoms with E-state index in [0.717, 1.165) is 20.4 Å². The number of hydrogen-bond acceptors (Lipinski definition) is 3. The first-order chi connectivity index (χ1) is 9.20. The number of halogens is 1. The van der Waals surface area contributed by atoms with Crippen molar-refractivity contribution in [2.24, 2.45) is 0 Å². The number of aromatic nitrogens is 1. The summed E-state index contributed by atoms with van der Waals surface area (Å²) in [6.07, 6.45) is 6.44. The largest absolute Gasteiger partial charge is 0.359 e. The molecule has 0 aliphatic heterocycles. The fraction of sp³-hybridized carbons (Fsp3) is 0.533. The number of anilines is 1. The Hall–Kier alpha value is -0.800. The van der Waals surface area contributed by atoms with Crippen LogP contribution in [-0.2, 0) is 0 Å². The van der Waals surface area contributed by atoms with E-state index >= 15 is 0 Å². The highest BCUT2D eigenvalue weighted by atomic mass is 35.5. The molecule has 1 unspecified atom stereocenters. The lowest BCUT2D eigenvalue weighted by Crippen LogP contribution is -2.14. The molecule has 0 saturated carbocycles. The van der Waals surface area contributed by atoms with Crippen LogP contribution in [0, 0.1) is 0 Å². The molecule has 0 saturated heterocycles. The number of unbranched alkanes of at least 4 members (excludes halogenated alkanes) is 3. The zero-order chi connectivity index (χ0) is 13.7. The molecule has 19 heavy (non-hydrogen) atoms. The molecule has 0 aliphatic carbocycles. The van der Waals surface area contributed by atoms with E-state index in [2.05, 4.69) is 24.1 Å². The molecule has 0 radical (unpaired) electrons. The number of fused-ring (bicyclic) bond motifs is 1. The average molecular weight is 297 g/mol. The second-order valence-corrected chi connectivity index (χ2v) is 6.41. The van der Waals surface area contributed by atoms with E-state index in [4.69, 9.17) is 11.6 Å². The maximum absolute atomic E-state index is 6.17. The highest BCUT2D eigenvalue weighted by Gasteiger charge is 2.09. The summed E-state index contributed by atoms with van der Waals surface area (Å²) in [5, 5.41) is 5.25. The zero-order valence-corrected chi connectivity index (χ0v) is 13.2. The second-order valence-electron chi connectivity index (χ2n) is 5.00. The predicted octanol–water partition coefficient (Wildman–Crippen LogP) is 5.72. The molecule has 0 spiro atoms. The maximum Gasteiger partial charge on any atom is 0.184 e. The molecule has 0 fully saturated rings. The van der Waals surface area contributed by atoms with Crippen molar-refractivity contribution in [3.63, 3.8) is 0 Å². The molecule has 2 rings (SSSR count). The number of rotatable bonds is 7. The summed E-state index contributed by atoms with van der Waals surface area (Å²) in [6, 6.07) is 6.34. The van der Waals surface area contributed by atoms with Gasteiger partial charge in [0, 0.05) is 6.04 Å². The Labute approximate surface area is 124 Å². The van der Waals surface area contributed by atoms with E-state index in [1.807, 2.05) is 18.2 Å². The summed E-state index contributed by atoms with van der Waals surface area (Å²) in [5.74, 6) is 0. The lowest BCUT2D eigenvalue weighted by molar-refractivity contribution is 0.594. The summed E-state index contributed by atoms with van der Waals surface area (Å²) >= 11 is 7.81. The molecule has 2 aromatic rings. The molecule has 4 heteroatoms. The van der Waals surface area contributed by atoms with Gasteiger partial charge in [0.1, 0.15) is 0 Å². The van der Waals surface area contributed by atoms with Crippen molar-refractivity contribution in [3.05, 3.63) is 23.2 Å². The van der Waals surface area contributed by atoms with E-state index < -0.39 is 0 Å². The first-order valence-corrected chi connectivity index (χ1v) is 8.21. The summed E-state index contributed by atoms with van der Waals surface area (Å²) < 4.78 is 1.07. The fourth-order valence-electron chi connectivity index (χ4n) is 2.14. The average Bonchev–Trinajstić information content (AvgIpc) is 2.79. The van der Waals surface area contributed by atoms with Crippen molar-refractivity contribution < 1.29 is 0 Å². The third-order valence-electron chi connectivity index (χ3n) is 3.23. The van der Waals surface area contributed by atoms with E-state index in [0.29, 0.717) is 6.04 Å². The quantitative estimate of drug-likeness (QED) is 0.661. The number of hydrogen-bond donors (Lipinski definition) is 1. The van der Waals surface area contributed by atoms with Gasteiger partial charge in [0.15, 0.2) is 5.13 Å². The minimum Gasteiger partial charge on any atom is -0.359 e. The predicted molar refractivity (Wildman–Crippen MR) is 86.5 cm³/mol. The molecular weight excluding hydrogens is 276 g/mol. The smallest absolute Gasteiger partial charge is 0.184 e. The molecule has 2 nitrogen and oxygen atoms in total. The monoisotopic (exact) mass is 296 g/mol. The Morgan fingerprint density at radius 2 is 2.16 bits per heavy atom. The molecular formula is C15H21ClN2S. The van der Waals surface area contributed by atoms with Crippen molar-refractivity contribution in [1.82, 2.24) is 4.98 Å². The Balaban J connectivity index is 1.92. The lowest BCUT2D eigenvalue weighted by Gasteiger charge is -2.12. The summed E-state index contributed by atoms with van der Waals surface area (Å²) in [6.45, 7) is 4.46. The normalized spacial score (nSPS) is 12.8. The van der Waals surface area contributed by atoms with Crippen LogP contribution in [0.25, 0.3) is 10.2 Å². The van der Waals surface area contributed by atoms with E-state index in [1.54, 1.807) is 11.3 Å². The molecule has 1 atom stereocenters. The van der Waals surface area contributed by atoms with Gasteiger partial charge in [-0.05, 0) is 25.5 Å². The van der Waals surface area contributed by atoms with Gasteiger partial charge in [-0.25, -0.2) is 4.98 Å². The van der Waals surface area contributed by atoms with E-state index in [9.17, 15) is 0 Å². The molecule has 1 N–H and O–H groups in total. The Morgan fingerprint density at radius 3 is 2.89 bits per heavy atom. The molecule has 104 valence electrons. The van der Waals surface area contributed by atoms with Crippen LogP contribution in [-0.4, -0.2) is 11.0 Å². The third kappa shape index (κ3) is 4.08. The maximum atomic E-state index is 6.17. The summed E-state index contributed by atoms with van der Waals surface area (Å²) in [5.41, 5.74) is 0.984. The van der Waals surface area contributed by atoms with Crippen molar-refractivity contribution in [2.75, 3.05) is 5.32 Å². The Bertz CT molecular complexity index is 524. The van der Waals surface area contributed by atoms with Crippen LogP contribution in [0.3, 0.4) is 0 Å². The van der Waals surface area contributed by atoms with Crippen LogP contribution >= 0.6 is 22.9 Å². The minimum atomic E-state index is 0.469. The van der Waals surface area contributed by atoms with Crippen molar-refractivity contribution in [1.29, 1.82) is 0 Å². The fourth-order valence-corrected chi connectivity index (χ4v) is 3.40. The van der Waals surface area contributed by atoms with Gasteiger partial charge in [-0.1, -0.05) is 61.6 Å². The first-order valence-electron chi connectivity index (χ1n) is 7.02. The van der Waals surface area contributed by atoms with Crippen molar-refractivity contribution >= 4 is 38.3 Å². The van der Waals surface area contributed by atoms with Crippen LogP contribution in [0.1, 0.15) is 46.0 Å². The Morgan fingerprint density at radius 1 is 1.32 bits per heavy atom. The van der Waals surface area contributed by atoms with Gasteiger partial charge in [-0.15, -0.1) is 0 Å². The van der Waals surface area contributed by atoms with Gasteiger partial charge in [-0.2, -0.15) is 0 Å². The topological polar surface area (TPSA) is 24.9 Å². The second kappa shape index (κ2) is 7.11. The molecule has 0 amide bonds. The minimum absolute atomic E-state index is 0.469. The highest BCUT2D eigenvalue weighted by molar-refractivity contribution is 7.22. The van der Waals surface area contributed by atoms with Gasteiger partial charge < -0.3 is 5.32 Å². The standard InChI is InChI=1S/C15H21ClN2S/c1-3-4-5-6-8-11(2)17-15-18-13-10-7-9-12(16)14(13)19-15/h7,9-11H,3-6,8H2,1-2H3,(H,17,18). The summed E-state index contributed by atoms with van der Waals surface area (Å²) in [4.78, 5) is 4.58. The van der Waals surface area contributed by atoms with Crippen LogP contribution in [0.2, 0.25) is 5.02 Å². The number of benzene rings is 1. The van der Waals surface area contributed by atoms with E-state index in [1.165, 1.54) is 32.1 Å². The molecule has 1 aromatic carbocycles. The van der Waals surface area contributed by atoms with Crippen LogP contribution in [0.15, 0.2) is 18.2 Å². The third-order valence-corrected chi connectivity index (χ3v) is 4.69. The van der Waals surface area contributed by atoms with Crippen LogP contribution in [0.5, 0.6) is 0 Å². The van der Waals surface area contributed by atoms with Gasteiger partial charge in [0.2, 0.25) is 0 Å². The molecule has 0 aliphatic rings. The van der Waals surface area contributed by atoms with Gasteiger partial charge in [0.25, 0.3) is 0 Å². The molecule has 1 aromatic heterocycles. The summed E-state index contributed by atoms with van der Waals surface area (Å²) in [7, 11) is 0. The number of nitrogens with one attached hydrogen (secondary N) is 1. The van der Waals surface area contributed by atoms with Gasteiger partial charge >= 0.3 is 0 Å². The number of nitrogens with zero attached hydrogens (tertiary/aromatic N) is 1. The SMILES string of the molecule is CCCCCCC(C)Nc1nc2cccc(Cl)c2s1. The van der Waals surface area contributed by atoms with Crippen molar-refractivity contribution in [3.8, 4) is 0 Å². The van der Waals surface area contributed by atoms with Crippen LogP contribution < -0.4 is 5.32 Å². The number of thiazole rings is 1. The van der Waals surface area contributed by atoms with E-state index in [-0.39, 0.29) is 0 Å². The molecule has 0 bridgehead atoms. The van der Waals surface area contributed by atoms with Gasteiger partial charge in [0.05, 0.1) is 15.2 Å². The first kappa shape index (κ1) is 14.6. The van der Waals surface area contributed by atoms with Gasteiger partial charge in [-0.3, -0.25) is 0 Å². The highest BCUT2D eigenvalue weighted by Crippen LogP contribution is 2.32. The zero-order valence-electron chi connectivity index (χ0n) is 11.6.